The van der Waals surface area contributed by atoms with Crippen molar-refractivity contribution in [1.29, 1.82) is 0 Å². The summed E-state index contributed by atoms with van der Waals surface area (Å²) in [5.74, 6) is -0.935. The molecule has 0 spiro atoms. The normalized spacial score (nSPS) is 17.7. The molecule has 1 aliphatic rings. The van der Waals surface area contributed by atoms with Crippen LogP contribution in [0.2, 0.25) is 5.02 Å². The zero-order chi connectivity index (χ0) is 14.5. The highest BCUT2D eigenvalue weighted by molar-refractivity contribution is 6.31. The van der Waals surface area contributed by atoms with Gasteiger partial charge in [0, 0.05) is 17.6 Å². The smallest absolute Gasteiger partial charge is 0.337 e. The molecule has 1 heterocycles. The molecule has 1 unspecified atom stereocenters. The number of likely N-dealkylation sites (tertiary alicyclic amines) is 1. The van der Waals surface area contributed by atoms with E-state index < -0.39 is 5.97 Å². The fourth-order valence-electron chi connectivity index (χ4n) is 2.60. The zero-order valence-corrected chi connectivity index (χ0v) is 12.5. The molecule has 0 aromatic heterocycles. The quantitative estimate of drug-likeness (QED) is 0.875. The Morgan fingerprint density at radius 2 is 2.10 bits per heavy atom. The number of benzene rings is 1. The van der Waals surface area contributed by atoms with Gasteiger partial charge in [-0.05, 0) is 51.1 Å². The number of piperidine rings is 1. The minimum Gasteiger partial charge on any atom is -0.478 e. The molecule has 110 valence electrons. The molecule has 0 aliphatic carbocycles. The monoisotopic (exact) mass is 296 g/mol. The lowest BCUT2D eigenvalue weighted by molar-refractivity contribution is 0.0698. The second-order valence-electron chi connectivity index (χ2n) is 5.32. The molecule has 1 saturated heterocycles. The lowest BCUT2D eigenvalue weighted by atomic mass is 10.1. The van der Waals surface area contributed by atoms with Crippen molar-refractivity contribution in [3.05, 3.63) is 28.8 Å². The standard InChI is InChI=1S/C15H21ClN2O2/c1-11(18-7-3-2-4-8-18)10-17-14-9-12(16)5-6-13(14)15(19)20/h5-6,9,11,17H,2-4,7-8,10H2,1H3,(H,19,20). The van der Waals surface area contributed by atoms with Crippen molar-refractivity contribution in [2.75, 3.05) is 25.0 Å². The van der Waals surface area contributed by atoms with E-state index in [1.165, 1.54) is 19.3 Å². The number of carbonyl (C=O) groups is 1. The number of hydrogen-bond donors (Lipinski definition) is 2. The molecule has 0 bridgehead atoms. The maximum Gasteiger partial charge on any atom is 0.337 e. The van der Waals surface area contributed by atoms with Crippen LogP contribution < -0.4 is 5.32 Å². The van der Waals surface area contributed by atoms with Crippen LogP contribution in [-0.4, -0.2) is 41.7 Å². The fourth-order valence-corrected chi connectivity index (χ4v) is 2.77. The predicted molar refractivity (Wildman–Crippen MR) is 81.8 cm³/mol. The van der Waals surface area contributed by atoms with Crippen LogP contribution >= 0.6 is 11.6 Å². The number of carboxylic acids is 1. The second-order valence-corrected chi connectivity index (χ2v) is 5.76. The summed E-state index contributed by atoms with van der Waals surface area (Å²) in [6, 6.07) is 5.20. The van der Waals surface area contributed by atoms with E-state index in [4.69, 9.17) is 11.6 Å². The van der Waals surface area contributed by atoms with Gasteiger partial charge in [-0.1, -0.05) is 18.0 Å². The van der Waals surface area contributed by atoms with Gasteiger partial charge in [0.2, 0.25) is 0 Å². The summed E-state index contributed by atoms with van der Waals surface area (Å²) in [6.07, 6.45) is 3.82. The molecular formula is C15H21ClN2O2. The number of hydrogen-bond acceptors (Lipinski definition) is 3. The molecule has 0 saturated carbocycles. The minimum absolute atomic E-state index is 0.264. The van der Waals surface area contributed by atoms with E-state index in [1.807, 2.05) is 0 Å². The van der Waals surface area contributed by atoms with Crippen molar-refractivity contribution in [2.24, 2.45) is 0 Å². The Morgan fingerprint density at radius 3 is 2.75 bits per heavy atom. The second kappa shape index (κ2) is 6.95. The van der Waals surface area contributed by atoms with Crippen molar-refractivity contribution >= 4 is 23.3 Å². The van der Waals surface area contributed by atoms with Gasteiger partial charge in [0.25, 0.3) is 0 Å². The fraction of sp³-hybridized carbons (Fsp3) is 0.533. The average molecular weight is 297 g/mol. The van der Waals surface area contributed by atoms with E-state index in [1.54, 1.807) is 18.2 Å². The van der Waals surface area contributed by atoms with Crippen LogP contribution in [0.15, 0.2) is 18.2 Å². The minimum atomic E-state index is -0.935. The topological polar surface area (TPSA) is 52.6 Å². The maximum absolute atomic E-state index is 11.2. The Morgan fingerprint density at radius 1 is 1.40 bits per heavy atom. The highest BCUT2D eigenvalue weighted by atomic mass is 35.5. The Bertz CT molecular complexity index is 473. The Kier molecular flexibility index (Phi) is 5.26. The lowest BCUT2D eigenvalue weighted by Crippen LogP contribution is -2.41. The summed E-state index contributed by atoms with van der Waals surface area (Å²) < 4.78 is 0. The molecule has 5 heteroatoms. The van der Waals surface area contributed by atoms with Crippen molar-refractivity contribution < 1.29 is 9.90 Å². The van der Waals surface area contributed by atoms with Crippen molar-refractivity contribution in [3.8, 4) is 0 Å². The number of halogens is 1. The third kappa shape index (κ3) is 3.87. The Balaban J connectivity index is 1.99. The van der Waals surface area contributed by atoms with Gasteiger partial charge < -0.3 is 10.4 Å². The number of rotatable bonds is 5. The van der Waals surface area contributed by atoms with E-state index in [0.29, 0.717) is 16.8 Å². The van der Waals surface area contributed by atoms with Gasteiger partial charge in [-0.3, -0.25) is 4.90 Å². The summed E-state index contributed by atoms with van der Waals surface area (Å²) in [7, 11) is 0. The summed E-state index contributed by atoms with van der Waals surface area (Å²) in [5.41, 5.74) is 0.856. The Labute approximate surface area is 124 Å². The van der Waals surface area contributed by atoms with E-state index >= 15 is 0 Å². The molecule has 20 heavy (non-hydrogen) atoms. The summed E-state index contributed by atoms with van der Waals surface area (Å²) in [6.45, 7) is 5.15. The van der Waals surface area contributed by atoms with Crippen LogP contribution in [0, 0.1) is 0 Å². The van der Waals surface area contributed by atoms with Crippen LogP contribution in [0.5, 0.6) is 0 Å². The Hall–Kier alpha value is -1.26. The van der Waals surface area contributed by atoms with Gasteiger partial charge >= 0.3 is 5.97 Å². The summed E-state index contributed by atoms with van der Waals surface area (Å²) in [5, 5.41) is 12.9. The molecule has 1 aromatic carbocycles. The van der Waals surface area contributed by atoms with Crippen LogP contribution in [-0.2, 0) is 0 Å². The number of carboxylic acid groups (broad SMARTS) is 1. The molecule has 0 amide bonds. The first-order valence-electron chi connectivity index (χ1n) is 7.08. The van der Waals surface area contributed by atoms with Crippen LogP contribution in [0.4, 0.5) is 5.69 Å². The van der Waals surface area contributed by atoms with Crippen molar-refractivity contribution in [3.63, 3.8) is 0 Å². The molecule has 2 rings (SSSR count). The predicted octanol–water partition coefficient (Wildman–Crippen LogP) is 3.32. The SMILES string of the molecule is CC(CNc1cc(Cl)ccc1C(=O)O)N1CCCCC1. The van der Waals surface area contributed by atoms with E-state index in [9.17, 15) is 9.90 Å². The van der Waals surface area contributed by atoms with Gasteiger partial charge in [0.1, 0.15) is 0 Å². The van der Waals surface area contributed by atoms with Gasteiger partial charge in [-0.15, -0.1) is 0 Å². The van der Waals surface area contributed by atoms with Gasteiger partial charge in [-0.2, -0.15) is 0 Å². The lowest BCUT2D eigenvalue weighted by Gasteiger charge is -2.32. The first kappa shape index (κ1) is 15.1. The zero-order valence-electron chi connectivity index (χ0n) is 11.7. The van der Waals surface area contributed by atoms with Gasteiger partial charge in [-0.25, -0.2) is 4.79 Å². The maximum atomic E-state index is 11.2. The molecule has 1 aliphatic heterocycles. The van der Waals surface area contributed by atoms with Crippen molar-refractivity contribution in [1.82, 2.24) is 4.90 Å². The van der Waals surface area contributed by atoms with Crippen LogP contribution in [0.3, 0.4) is 0 Å². The third-order valence-corrected chi connectivity index (χ3v) is 4.05. The molecule has 0 radical (unpaired) electrons. The number of nitrogens with zero attached hydrogens (tertiary/aromatic N) is 1. The first-order valence-corrected chi connectivity index (χ1v) is 7.46. The van der Waals surface area contributed by atoms with Crippen molar-refractivity contribution in [2.45, 2.75) is 32.2 Å². The highest BCUT2D eigenvalue weighted by Gasteiger charge is 2.17. The van der Waals surface area contributed by atoms with E-state index in [-0.39, 0.29) is 5.56 Å². The summed E-state index contributed by atoms with van der Waals surface area (Å²) in [4.78, 5) is 13.6. The first-order chi connectivity index (χ1) is 9.58. The largest absolute Gasteiger partial charge is 0.478 e. The molecule has 1 aromatic rings. The third-order valence-electron chi connectivity index (χ3n) is 3.81. The van der Waals surface area contributed by atoms with Crippen LogP contribution in [0.1, 0.15) is 36.5 Å². The van der Waals surface area contributed by atoms with E-state index in [0.717, 1.165) is 19.6 Å². The summed E-state index contributed by atoms with van der Waals surface area (Å²) >= 11 is 5.94. The number of anilines is 1. The molecule has 1 fully saturated rings. The van der Waals surface area contributed by atoms with Crippen LogP contribution in [0.25, 0.3) is 0 Å². The molecule has 4 nitrogen and oxygen atoms in total. The molecule has 1 atom stereocenters. The average Bonchev–Trinajstić information content (AvgIpc) is 2.45. The highest BCUT2D eigenvalue weighted by Crippen LogP contribution is 2.21. The molecular weight excluding hydrogens is 276 g/mol. The van der Waals surface area contributed by atoms with E-state index in [2.05, 4.69) is 17.1 Å². The molecule has 2 N–H and O–H groups in total. The number of aromatic carboxylic acids is 1. The number of nitrogens with one attached hydrogen (secondary N) is 1. The van der Waals surface area contributed by atoms with Gasteiger partial charge in [0.15, 0.2) is 0 Å². The van der Waals surface area contributed by atoms with Gasteiger partial charge in [0.05, 0.1) is 11.3 Å².